The monoisotopic (exact) mass is 597 g/mol. The van der Waals surface area contributed by atoms with Crippen LogP contribution in [0, 0.1) is 20.8 Å². The molecule has 0 spiro atoms. The van der Waals surface area contributed by atoms with Crippen LogP contribution in [-0.2, 0) is 26.2 Å². The summed E-state index contributed by atoms with van der Waals surface area (Å²) in [4.78, 5) is 29.0. The number of anilines is 1. The molecule has 0 aromatic heterocycles. The second kappa shape index (κ2) is 14.5. The molecule has 220 valence electrons. The van der Waals surface area contributed by atoms with Crippen LogP contribution < -0.4 is 9.62 Å². The Balaban J connectivity index is 2.08. The van der Waals surface area contributed by atoms with Crippen LogP contribution in [0.15, 0.2) is 71.6 Å². The van der Waals surface area contributed by atoms with Crippen molar-refractivity contribution in [3.05, 3.63) is 94.0 Å². The average Bonchev–Trinajstić information content (AvgIpc) is 2.92. The van der Waals surface area contributed by atoms with Crippen LogP contribution in [0.25, 0.3) is 0 Å². The quantitative estimate of drug-likeness (QED) is 0.238. The van der Waals surface area contributed by atoms with Crippen molar-refractivity contribution in [1.82, 2.24) is 10.2 Å². The summed E-state index contributed by atoms with van der Waals surface area (Å²) >= 11 is 6.46. The first-order valence-corrected chi connectivity index (χ1v) is 15.8. The standard InChI is InChI=1S/C32H40ClN3O4S/c1-6-8-17-34-32(38)30(7-2)35(21-26-11-9-10-12-29(26)33)31(37)22-36(27-19-24(4)18-25(5)20-27)41(39,40)28-15-13-23(3)14-16-28/h9-16,18-20,30H,6-8,17,21-22H2,1-5H3,(H,34,38)/t30-/m1/s1. The van der Waals surface area contributed by atoms with E-state index in [1.54, 1.807) is 54.6 Å². The number of hydrogen-bond acceptors (Lipinski definition) is 4. The van der Waals surface area contributed by atoms with E-state index >= 15 is 0 Å². The molecular formula is C32H40ClN3O4S. The minimum atomic E-state index is -4.13. The Hall–Kier alpha value is -3.36. The van der Waals surface area contributed by atoms with E-state index in [0.29, 0.717) is 29.2 Å². The van der Waals surface area contributed by atoms with Crippen LogP contribution in [-0.4, -0.2) is 44.3 Å². The van der Waals surface area contributed by atoms with Crippen molar-refractivity contribution in [1.29, 1.82) is 0 Å². The number of sulfonamides is 1. The molecule has 3 aromatic rings. The average molecular weight is 598 g/mol. The Morgan fingerprint density at radius 3 is 2.12 bits per heavy atom. The Morgan fingerprint density at radius 1 is 0.902 bits per heavy atom. The van der Waals surface area contributed by atoms with Crippen molar-refractivity contribution in [3.63, 3.8) is 0 Å². The summed E-state index contributed by atoms with van der Waals surface area (Å²) < 4.78 is 29.2. The molecule has 1 N–H and O–H groups in total. The number of benzene rings is 3. The molecule has 0 heterocycles. The van der Waals surface area contributed by atoms with Crippen LogP contribution in [0.2, 0.25) is 5.02 Å². The largest absolute Gasteiger partial charge is 0.354 e. The van der Waals surface area contributed by atoms with Crippen LogP contribution in [0.4, 0.5) is 5.69 Å². The lowest BCUT2D eigenvalue weighted by Crippen LogP contribution is -2.52. The van der Waals surface area contributed by atoms with Gasteiger partial charge in [-0.1, -0.05) is 73.8 Å². The van der Waals surface area contributed by atoms with E-state index < -0.39 is 28.5 Å². The van der Waals surface area contributed by atoms with Gasteiger partial charge in [0.2, 0.25) is 11.8 Å². The van der Waals surface area contributed by atoms with Gasteiger partial charge in [-0.3, -0.25) is 13.9 Å². The van der Waals surface area contributed by atoms with Gasteiger partial charge in [-0.25, -0.2) is 8.42 Å². The van der Waals surface area contributed by atoms with E-state index in [-0.39, 0.29) is 17.3 Å². The third kappa shape index (κ3) is 8.33. The van der Waals surface area contributed by atoms with Crippen LogP contribution in [0.5, 0.6) is 0 Å². The van der Waals surface area contributed by atoms with Gasteiger partial charge in [0, 0.05) is 18.1 Å². The number of aryl methyl sites for hydroxylation is 3. The predicted octanol–water partition coefficient (Wildman–Crippen LogP) is 6.18. The van der Waals surface area contributed by atoms with Crippen molar-refractivity contribution >= 4 is 39.1 Å². The molecule has 7 nitrogen and oxygen atoms in total. The molecule has 41 heavy (non-hydrogen) atoms. The van der Waals surface area contributed by atoms with Gasteiger partial charge in [0.15, 0.2) is 0 Å². The maximum absolute atomic E-state index is 14.2. The molecule has 0 unspecified atom stereocenters. The molecule has 0 aliphatic rings. The molecule has 3 aromatic carbocycles. The lowest BCUT2D eigenvalue weighted by atomic mass is 10.1. The first-order valence-electron chi connectivity index (χ1n) is 14.0. The fourth-order valence-electron chi connectivity index (χ4n) is 4.70. The SMILES string of the molecule is CCCCNC(=O)[C@@H](CC)N(Cc1ccccc1Cl)C(=O)CN(c1cc(C)cc(C)c1)S(=O)(=O)c1ccc(C)cc1. The third-order valence-electron chi connectivity index (χ3n) is 6.90. The fraction of sp³-hybridized carbons (Fsp3) is 0.375. The first-order chi connectivity index (χ1) is 19.5. The van der Waals surface area contributed by atoms with E-state index in [1.165, 1.54) is 4.90 Å². The zero-order valence-corrected chi connectivity index (χ0v) is 26.1. The minimum absolute atomic E-state index is 0.0590. The van der Waals surface area contributed by atoms with Crippen molar-refractivity contribution in [2.75, 3.05) is 17.4 Å². The summed E-state index contributed by atoms with van der Waals surface area (Å²) in [6.07, 6.45) is 2.08. The molecule has 3 rings (SSSR count). The number of rotatable bonds is 13. The van der Waals surface area contributed by atoms with Gasteiger partial charge in [0.05, 0.1) is 10.6 Å². The second-order valence-electron chi connectivity index (χ2n) is 10.4. The highest BCUT2D eigenvalue weighted by atomic mass is 35.5. The predicted molar refractivity (Wildman–Crippen MR) is 166 cm³/mol. The number of amides is 2. The smallest absolute Gasteiger partial charge is 0.264 e. The molecule has 0 aliphatic carbocycles. The highest BCUT2D eigenvalue weighted by Crippen LogP contribution is 2.27. The molecule has 0 aliphatic heterocycles. The normalized spacial score (nSPS) is 12.0. The van der Waals surface area contributed by atoms with Gasteiger partial charge >= 0.3 is 0 Å². The van der Waals surface area contributed by atoms with E-state index in [4.69, 9.17) is 11.6 Å². The first kappa shape index (κ1) is 32.2. The number of nitrogens with zero attached hydrogens (tertiary/aromatic N) is 2. The Bertz CT molecular complexity index is 1440. The summed E-state index contributed by atoms with van der Waals surface area (Å²) in [5.74, 6) is -0.780. The number of hydrogen-bond donors (Lipinski definition) is 1. The van der Waals surface area contributed by atoms with Crippen molar-refractivity contribution in [2.45, 2.75) is 71.4 Å². The lowest BCUT2D eigenvalue weighted by Gasteiger charge is -2.33. The number of halogens is 1. The van der Waals surface area contributed by atoms with Crippen LogP contribution in [0.3, 0.4) is 0 Å². The molecule has 0 fully saturated rings. The van der Waals surface area contributed by atoms with Gasteiger partial charge in [0.1, 0.15) is 12.6 Å². The Morgan fingerprint density at radius 2 is 1.54 bits per heavy atom. The van der Waals surface area contributed by atoms with Gasteiger partial charge in [-0.05, 0) is 80.6 Å². The molecule has 1 atom stereocenters. The minimum Gasteiger partial charge on any atom is -0.354 e. The molecular weight excluding hydrogens is 558 g/mol. The topological polar surface area (TPSA) is 86.8 Å². The summed E-state index contributed by atoms with van der Waals surface area (Å²) in [5, 5.41) is 3.40. The molecule has 0 saturated carbocycles. The van der Waals surface area contributed by atoms with Gasteiger partial charge in [0.25, 0.3) is 10.0 Å². The van der Waals surface area contributed by atoms with Gasteiger partial charge in [-0.15, -0.1) is 0 Å². The number of unbranched alkanes of at least 4 members (excludes halogenated alkanes) is 1. The van der Waals surface area contributed by atoms with Crippen LogP contribution >= 0.6 is 11.6 Å². The number of carbonyl (C=O) groups is 2. The van der Waals surface area contributed by atoms with Crippen molar-refractivity contribution in [2.24, 2.45) is 0 Å². The van der Waals surface area contributed by atoms with Crippen molar-refractivity contribution in [3.8, 4) is 0 Å². The summed E-state index contributed by atoms with van der Waals surface area (Å²) in [6.45, 7) is 9.58. The highest BCUT2D eigenvalue weighted by Gasteiger charge is 2.34. The molecule has 0 radical (unpaired) electrons. The summed E-state index contributed by atoms with van der Waals surface area (Å²) in [5.41, 5.74) is 3.71. The second-order valence-corrected chi connectivity index (χ2v) is 12.6. The molecule has 0 bridgehead atoms. The van der Waals surface area contributed by atoms with E-state index in [0.717, 1.165) is 33.8 Å². The zero-order valence-electron chi connectivity index (χ0n) is 24.5. The third-order valence-corrected chi connectivity index (χ3v) is 9.05. The molecule has 0 saturated heterocycles. The summed E-state index contributed by atoms with van der Waals surface area (Å²) in [7, 11) is -4.13. The Labute approximate surface area is 249 Å². The van der Waals surface area contributed by atoms with Gasteiger partial charge in [-0.2, -0.15) is 0 Å². The molecule has 9 heteroatoms. The maximum atomic E-state index is 14.2. The Kier molecular flexibility index (Phi) is 11.4. The maximum Gasteiger partial charge on any atom is 0.264 e. The van der Waals surface area contributed by atoms with Gasteiger partial charge < -0.3 is 10.2 Å². The number of nitrogens with one attached hydrogen (secondary N) is 1. The van der Waals surface area contributed by atoms with E-state index in [9.17, 15) is 18.0 Å². The fourth-order valence-corrected chi connectivity index (χ4v) is 6.29. The highest BCUT2D eigenvalue weighted by molar-refractivity contribution is 7.92. The zero-order chi connectivity index (χ0) is 30.2. The van der Waals surface area contributed by atoms with Crippen LogP contribution in [0.1, 0.15) is 55.4 Å². The van der Waals surface area contributed by atoms with E-state index in [2.05, 4.69) is 5.32 Å². The lowest BCUT2D eigenvalue weighted by molar-refractivity contribution is -0.140. The van der Waals surface area contributed by atoms with E-state index in [1.807, 2.05) is 46.8 Å². The van der Waals surface area contributed by atoms with Crippen molar-refractivity contribution < 1.29 is 18.0 Å². The molecule has 2 amide bonds. The number of carbonyl (C=O) groups excluding carboxylic acids is 2. The summed E-state index contributed by atoms with van der Waals surface area (Å²) in [6, 6.07) is 18.3.